The molecule has 2 aromatic rings. The highest BCUT2D eigenvalue weighted by Crippen LogP contribution is 2.36. The van der Waals surface area contributed by atoms with Gasteiger partial charge in [0.2, 0.25) is 0 Å². The Morgan fingerprint density at radius 3 is 2.53 bits per heavy atom. The number of rotatable bonds is 3. The molecule has 1 aromatic heterocycles. The van der Waals surface area contributed by atoms with E-state index >= 15 is 0 Å². The Labute approximate surface area is 107 Å². The maximum absolute atomic E-state index is 12.7. The Balaban J connectivity index is 2.19. The summed E-state index contributed by atoms with van der Waals surface area (Å²) in [4.78, 5) is 3.84. The van der Waals surface area contributed by atoms with Crippen LogP contribution in [0.2, 0.25) is 0 Å². The molecule has 0 fully saturated rings. The molecule has 0 atom stereocenters. The van der Waals surface area contributed by atoms with Crippen molar-refractivity contribution in [2.75, 3.05) is 5.73 Å². The van der Waals surface area contributed by atoms with Crippen LogP contribution in [0.3, 0.4) is 0 Å². The zero-order valence-electron chi connectivity index (χ0n) is 9.82. The van der Waals surface area contributed by atoms with Crippen molar-refractivity contribution >= 4 is 5.82 Å². The van der Waals surface area contributed by atoms with Gasteiger partial charge in [0.15, 0.2) is 0 Å². The predicted octanol–water partition coefficient (Wildman–Crippen LogP) is 3.26. The van der Waals surface area contributed by atoms with Crippen molar-refractivity contribution in [1.82, 2.24) is 4.98 Å². The number of nitrogens with zero attached hydrogens (tertiary/aromatic N) is 1. The molecular weight excluding hydrogens is 257 g/mol. The molecule has 3 nitrogen and oxygen atoms in total. The summed E-state index contributed by atoms with van der Waals surface area (Å²) in [6, 6.07) is 8.34. The number of benzene rings is 1. The molecule has 0 spiro atoms. The third kappa shape index (κ3) is 3.15. The van der Waals surface area contributed by atoms with Crippen molar-refractivity contribution in [2.24, 2.45) is 0 Å². The lowest BCUT2D eigenvalue weighted by Gasteiger charge is -2.14. The highest BCUT2D eigenvalue weighted by Gasteiger charge is 2.33. The first-order chi connectivity index (χ1) is 8.98. The maximum Gasteiger partial charge on any atom is 0.419 e. The summed E-state index contributed by atoms with van der Waals surface area (Å²) in [5.74, 6) is 0.0187. The summed E-state index contributed by atoms with van der Waals surface area (Å²) < 4.78 is 43.4. The summed E-state index contributed by atoms with van der Waals surface area (Å²) >= 11 is 0. The van der Waals surface area contributed by atoms with Crippen LogP contribution in [0.5, 0.6) is 5.75 Å². The number of nitrogens with two attached hydrogens (primary N) is 1. The van der Waals surface area contributed by atoms with Crippen LogP contribution >= 0.6 is 0 Å². The Kier molecular flexibility index (Phi) is 3.59. The third-order valence-corrected chi connectivity index (χ3v) is 2.50. The van der Waals surface area contributed by atoms with E-state index in [0.29, 0.717) is 5.56 Å². The van der Waals surface area contributed by atoms with Gasteiger partial charge in [0, 0.05) is 11.8 Å². The number of ether oxygens (including phenoxy) is 1. The van der Waals surface area contributed by atoms with E-state index in [4.69, 9.17) is 10.5 Å². The van der Waals surface area contributed by atoms with Crippen molar-refractivity contribution < 1.29 is 17.9 Å². The summed E-state index contributed by atoms with van der Waals surface area (Å²) in [5.41, 5.74) is 5.33. The lowest BCUT2D eigenvalue weighted by Crippen LogP contribution is -2.09. The molecule has 19 heavy (non-hydrogen) atoms. The van der Waals surface area contributed by atoms with E-state index in [2.05, 4.69) is 4.98 Å². The van der Waals surface area contributed by atoms with E-state index in [0.717, 1.165) is 6.07 Å². The molecule has 0 bridgehead atoms. The zero-order chi connectivity index (χ0) is 13.9. The van der Waals surface area contributed by atoms with E-state index < -0.39 is 11.7 Å². The van der Waals surface area contributed by atoms with Gasteiger partial charge in [0.1, 0.15) is 18.2 Å². The summed E-state index contributed by atoms with van der Waals surface area (Å²) in [6.07, 6.45) is -2.94. The summed E-state index contributed by atoms with van der Waals surface area (Å²) in [7, 11) is 0. The second kappa shape index (κ2) is 5.17. The van der Waals surface area contributed by atoms with Gasteiger partial charge in [-0.05, 0) is 18.2 Å². The molecule has 1 aromatic carbocycles. The van der Waals surface area contributed by atoms with Gasteiger partial charge in [-0.2, -0.15) is 13.2 Å². The van der Waals surface area contributed by atoms with Crippen LogP contribution < -0.4 is 10.5 Å². The van der Waals surface area contributed by atoms with Crippen molar-refractivity contribution in [3.8, 4) is 5.75 Å². The Hall–Kier alpha value is -2.24. The van der Waals surface area contributed by atoms with E-state index in [9.17, 15) is 13.2 Å². The Bertz CT molecular complexity index is 570. The average molecular weight is 268 g/mol. The molecule has 0 aliphatic rings. The van der Waals surface area contributed by atoms with Crippen LogP contribution in [0.25, 0.3) is 0 Å². The normalized spacial score (nSPS) is 11.3. The van der Waals surface area contributed by atoms with Crippen LogP contribution in [0.15, 0.2) is 42.6 Å². The number of pyridine rings is 1. The fourth-order valence-electron chi connectivity index (χ4n) is 1.56. The highest BCUT2D eigenvalue weighted by molar-refractivity contribution is 5.39. The van der Waals surface area contributed by atoms with Crippen molar-refractivity contribution in [3.05, 3.63) is 53.7 Å². The number of nitrogen functional groups attached to an aromatic ring is 1. The second-order valence-electron chi connectivity index (χ2n) is 3.83. The first-order valence-electron chi connectivity index (χ1n) is 5.47. The Morgan fingerprint density at radius 2 is 1.84 bits per heavy atom. The number of anilines is 1. The van der Waals surface area contributed by atoms with Gasteiger partial charge < -0.3 is 10.5 Å². The number of halogens is 3. The number of hydrogen-bond acceptors (Lipinski definition) is 3. The van der Waals surface area contributed by atoms with Crippen LogP contribution in [0.1, 0.15) is 11.1 Å². The molecule has 0 aliphatic heterocycles. The quantitative estimate of drug-likeness (QED) is 0.929. The smallest absolute Gasteiger partial charge is 0.419 e. The number of alkyl halides is 3. The van der Waals surface area contributed by atoms with E-state index in [1.807, 2.05) is 0 Å². The van der Waals surface area contributed by atoms with Gasteiger partial charge in [-0.1, -0.05) is 18.2 Å². The monoisotopic (exact) mass is 268 g/mol. The van der Waals surface area contributed by atoms with Crippen LogP contribution in [-0.4, -0.2) is 4.98 Å². The van der Waals surface area contributed by atoms with Gasteiger partial charge in [-0.15, -0.1) is 0 Å². The summed E-state index contributed by atoms with van der Waals surface area (Å²) in [5, 5.41) is 0. The largest absolute Gasteiger partial charge is 0.488 e. The molecule has 2 N–H and O–H groups in total. The molecule has 0 amide bonds. The lowest BCUT2D eigenvalue weighted by molar-refractivity contribution is -0.139. The van der Waals surface area contributed by atoms with Crippen LogP contribution in [0.4, 0.5) is 19.0 Å². The fraction of sp³-hybridized carbons (Fsp3) is 0.154. The molecule has 0 radical (unpaired) electrons. The molecule has 100 valence electrons. The lowest BCUT2D eigenvalue weighted by atomic mass is 10.2. The summed E-state index contributed by atoms with van der Waals surface area (Å²) in [6.45, 7) is -0.0627. The predicted molar refractivity (Wildman–Crippen MR) is 64.4 cm³/mol. The number of aromatic nitrogens is 1. The minimum atomic E-state index is -4.45. The fourth-order valence-corrected chi connectivity index (χ4v) is 1.56. The van der Waals surface area contributed by atoms with Gasteiger partial charge in [-0.3, -0.25) is 0 Å². The minimum absolute atomic E-state index is 0.0627. The van der Waals surface area contributed by atoms with E-state index in [1.165, 1.54) is 24.4 Å². The number of hydrogen-bond donors (Lipinski definition) is 1. The topological polar surface area (TPSA) is 48.1 Å². The maximum atomic E-state index is 12.7. The zero-order valence-corrected chi connectivity index (χ0v) is 9.82. The Morgan fingerprint density at radius 1 is 1.11 bits per heavy atom. The number of para-hydroxylation sites is 1. The molecule has 0 saturated carbocycles. The standard InChI is InChI=1S/C13H11F3N2O/c14-13(15,16)10-5-1-2-6-11(10)19-8-9-4-3-7-18-12(9)17/h1-7H,8H2,(H2,17,18). The molecule has 0 aliphatic carbocycles. The third-order valence-electron chi connectivity index (χ3n) is 2.50. The van der Waals surface area contributed by atoms with Crippen molar-refractivity contribution in [1.29, 1.82) is 0 Å². The van der Waals surface area contributed by atoms with Crippen LogP contribution in [0, 0.1) is 0 Å². The molecule has 0 saturated heterocycles. The first-order valence-corrected chi connectivity index (χ1v) is 5.47. The van der Waals surface area contributed by atoms with Gasteiger partial charge in [0.25, 0.3) is 0 Å². The SMILES string of the molecule is Nc1ncccc1COc1ccccc1C(F)(F)F. The van der Waals surface area contributed by atoms with Gasteiger partial charge in [-0.25, -0.2) is 4.98 Å². The van der Waals surface area contributed by atoms with Crippen LogP contribution in [-0.2, 0) is 12.8 Å². The molecule has 1 heterocycles. The first kappa shape index (κ1) is 13.2. The molecule has 0 unspecified atom stereocenters. The van der Waals surface area contributed by atoms with E-state index in [1.54, 1.807) is 12.1 Å². The van der Waals surface area contributed by atoms with Gasteiger partial charge in [0.05, 0.1) is 5.56 Å². The van der Waals surface area contributed by atoms with Crippen molar-refractivity contribution in [3.63, 3.8) is 0 Å². The van der Waals surface area contributed by atoms with Crippen molar-refractivity contribution in [2.45, 2.75) is 12.8 Å². The second-order valence-corrected chi connectivity index (χ2v) is 3.83. The average Bonchev–Trinajstić information content (AvgIpc) is 2.37. The van der Waals surface area contributed by atoms with Gasteiger partial charge >= 0.3 is 6.18 Å². The molecule has 2 rings (SSSR count). The highest BCUT2D eigenvalue weighted by atomic mass is 19.4. The molecule has 6 heteroatoms. The molecular formula is C13H11F3N2O. The minimum Gasteiger partial charge on any atom is -0.488 e. The van der Waals surface area contributed by atoms with E-state index in [-0.39, 0.29) is 18.2 Å².